The first-order chi connectivity index (χ1) is 12.1. The number of aryl methyl sites for hydroxylation is 1. The van der Waals surface area contributed by atoms with Crippen molar-refractivity contribution in [3.63, 3.8) is 0 Å². The average Bonchev–Trinajstić information content (AvgIpc) is 2.66. The van der Waals surface area contributed by atoms with E-state index in [4.69, 9.17) is 11.6 Å². The minimum absolute atomic E-state index is 0.181. The Labute approximate surface area is 156 Å². The van der Waals surface area contributed by atoms with Crippen LogP contribution in [0.4, 0.5) is 0 Å². The summed E-state index contributed by atoms with van der Waals surface area (Å²) < 4.78 is 0. The van der Waals surface area contributed by atoms with Crippen LogP contribution in [-0.4, -0.2) is 13.6 Å². The highest BCUT2D eigenvalue weighted by Gasteiger charge is 2.45. The van der Waals surface area contributed by atoms with Crippen molar-refractivity contribution in [2.45, 2.75) is 49.8 Å². The molecule has 0 bridgehead atoms. The van der Waals surface area contributed by atoms with Crippen LogP contribution in [0, 0.1) is 5.92 Å². The Kier molecular flexibility index (Phi) is 4.49. The Morgan fingerprint density at radius 1 is 0.960 bits per heavy atom. The summed E-state index contributed by atoms with van der Waals surface area (Å²) in [7, 11) is 2.22. The van der Waals surface area contributed by atoms with E-state index >= 15 is 0 Å². The van der Waals surface area contributed by atoms with Gasteiger partial charge < -0.3 is 0 Å². The Hall–Kier alpha value is -1.54. The standard InChI is InChI=1S/C22H24BClO/c23-22(14-13-17-3-1-2-4-20(17)21(22)25)18-9-5-15(6-10-18)16-7-11-19(24)12-8-16/h1-4,7-8,11-12,15,18H,5-6,9-10,13-14,23H2. The highest BCUT2D eigenvalue weighted by Crippen LogP contribution is 2.52. The van der Waals surface area contributed by atoms with Crippen LogP contribution in [0.25, 0.3) is 0 Å². The molecule has 0 aliphatic heterocycles. The molecule has 1 fully saturated rings. The predicted octanol–water partition coefficient (Wildman–Crippen LogP) is 5.23. The summed E-state index contributed by atoms with van der Waals surface area (Å²) in [5.74, 6) is 1.50. The number of Topliss-reactive ketones (excluding diaryl/α,β-unsaturated/α-hetero) is 1. The zero-order chi connectivity index (χ0) is 17.4. The van der Waals surface area contributed by atoms with Crippen LogP contribution >= 0.6 is 11.6 Å². The third-order valence-electron chi connectivity index (χ3n) is 6.66. The van der Waals surface area contributed by atoms with E-state index in [2.05, 4.69) is 26.0 Å². The van der Waals surface area contributed by atoms with Gasteiger partial charge in [-0.05, 0) is 73.6 Å². The lowest BCUT2D eigenvalue weighted by atomic mass is 9.49. The van der Waals surface area contributed by atoms with Gasteiger partial charge in [-0.2, -0.15) is 0 Å². The van der Waals surface area contributed by atoms with Gasteiger partial charge in [-0.25, -0.2) is 0 Å². The van der Waals surface area contributed by atoms with E-state index in [1.807, 2.05) is 30.3 Å². The van der Waals surface area contributed by atoms with E-state index in [1.165, 1.54) is 24.0 Å². The normalized spacial score (nSPS) is 29.2. The molecule has 0 aromatic heterocycles. The van der Waals surface area contributed by atoms with Crippen molar-refractivity contribution in [3.05, 3.63) is 70.2 Å². The van der Waals surface area contributed by atoms with Gasteiger partial charge in [0.1, 0.15) is 7.85 Å². The molecule has 1 nitrogen and oxygen atoms in total. The molecule has 2 aliphatic carbocycles. The Bertz CT molecular complexity index is 777. The first-order valence-corrected chi connectivity index (χ1v) is 9.84. The van der Waals surface area contributed by atoms with Gasteiger partial charge in [-0.15, -0.1) is 0 Å². The van der Waals surface area contributed by atoms with Crippen LogP contribution in [0.15, 0.2) is 48.5 Å². The molecule has 1 atom stereocenters. The molecule has 1 saturated carbocycles. The number of ketones is 1. The molecule has 0 saturated heterocycles. The summed E-state index contributed by atoms with van der Waals surface area (Å²) in [6, 6.07) is 16.5. The lowest BCUT2D eigenvalue weighted by Crippen LogP contribution is -2.38. The number of hydrogen-bond donors (Lipinski definition) is 0. The summed E-state index contributed by atoms with van der Waals surface area (Å²) in [5, 5.41) is 0.621. The minimum atomic E-state index is -0.181. The average molecular weight is 351 g/mol. The predicted molar refractivity (Wildman–Crippen MR) is 106 cm³/mol. The lowest BCUT2D eigenvalue weighted by molar-refractivity contribution is 0.0839. The van der Waals surface area contributed by atoms with Crippen LogP contribution in [0.5, 0.6) is 0 Å². The SMILES string of the molecule is BC1(C2CCC(c3ccc(Cl)cc3)CC2)CCc2ccccc2C1=O. The molecule has 2 aromatic carbocycles. The topological polar surface area (TPSA) is 17.1 Å². The van der Waals surface area contributed by atoms with Crippen molar-refractivity contribution in [2.75, 3.05) is 0 Å². The highest BCUT2D eigenvalue weighted by molar-refractivity contribution is 6.33. The van der Waals surface area contributed by atoms with Crippen molar-refractivity contribution in [1.29, 1.82) is 0 Å². The number of rotatable bonds is 2. The number of benzene rings is 2. The summed E-state index contributed by atoms with van der Waals surface area (Å²) in [5.41, 5.74) is 3.60. The van der Waals surface area contributed by atoms with Gasteiger partial charge in [0.05, 0.1) is 0 Å². The van der Waals surface area contributed by atoms with E-state index in [1.54, 1.807) is 0 Å². The third-order valence-corrected chi connectivity index (χ3v) is 6.92. The highest BCUT2D eigenvalue weighted by atomic mass is 35.5. The Balaban J connectivity index is 1.49. The molecule has 0 N–H and O–H groups in total. The summed E-state index contributed by atoms with van der Waals surface area (Å²) in [4.78, 5) is 13.2. The van der Waals surface area contributed by atoms with Gasteiger partial charge >= 0.3 is 0 Å². The summed E-state index contributed by atoms with van der Waals surface area (Å²) in [6.45, 7) is 0. The second-order valence-corrected chi connectivity index (χ2v) is 8.44. The molecule has 2 aliphatic rings. The van der Waals surface area contributed by atoms with E-state index in [0.29, 0.717) is 17.6 Å². The lowest BCUT2D eigenvalue weighted by Gasteiger charge is -2.43. The minimum Gasteiger partial charge on any atom is -0.294 e. The van der Waals surface area contributed by atoms with E-state index in [9.17, 15) is 4.79 Å². The Morgan fingerprint density at radius 2 is 1.64 bits per heavy atom. The Morgan fingerprint density at radius 3 is 2.36 bits per heavy atom. The largest absolute Gasteiger partial charge is 0.294 e. The van der Waals surface area contributed by atoms with E-state index < -0.39 is 0 Å². The molecule has 25 heavy (non-hydrogen) atoms. The maximum Gasteiger partial charge on any atom is 0.161 e. The monoisotopic (exact) mass is 350 g/mol. The summed E-state index contributed by atoms with van der Waals surface area (Å²) >= 11 is 6.01. The van der Waals surface area contributed by atoms with Crippen LogP contribution in [0.2, 0.25) is 10.3 Å². The number of halogens is 1. The fraction of sp³-hybridized carbons (Fsp3) is 0.409. The third kappa shape index (κ3) is 3.06. The zero-order valence-corrected chi connectivity index (χ0v) is 15.6. The fourth-order valence-corrected chi connectivity index (χ4v) is 5.09. The zero-order valence-electron chi connectivity index (χ0n) is 14.8. The second-order valence-electron chi connectivity index (χ2n) is 8.00. The molecule has 4 rings (SSSR count). The summed E-state index contributed by atoms with van der Waals surface area (Å²) in [6.07, 6.45) is 6.69. The fourth-order valence-electron chi connectivity index (χ4n) is 4.96. The maximum atomic E-state index is 13.2. The molecule has 2 aromatic rings. The van der Waals surface area contributed by atoms with Crippen LogP contribution in [0.3, 0.4) is 0 Å². The quantitative estimate of drug-likeness (QED) is 0.677. The van der Waals surface area contributed by atoms with Gasteiger partial charge in [0.25, 0.3) is 0 Å². The molecule has 1 unspecified atom stereocenters. The van der Waals surface area contributed by atoms with Crippen LogP contribution in [0.1, 0.15) is 59.5 Å². The molecule has 3 heteroatoms. The number of carbonyl (C=O) groups is 1. The molecule has 0 amide bonds. The van der Waals surface area contributed by atoms with Crippen molar-refractivity contribution in [1.82, 2.24) is 0 Å². The first-order valence-electron chi connectivity index (χ1n) is 9.46. The van der Waals surface area contributed by atoms with Crippen molar-refractivity contribution in [2.24, 2.45) is 5.92 Å². The van der Waals surface area contributed by atoms with Crippen molar-refractivity contribution in [3.8, 4) is 0 Å². The molecule has 0 radical (unpaired) electrons. The van der Waals surface area contributed by atoms with Gasteiger partial charge in [0.2, 0.25) is 0 Å². The molecular weight excluding hydrogens is 327 g/mol. The number of carbonyl (C=O) groups excluding carboxylic acids is 1. The smallest absolute Gasteiger partial charge is 0.161 e. The van der Waals surface area contributed by atoms with E-state index in [0.717, 1.165) is 36.3 Å². The maximum absolute atomic E-state index is 13.2. The van der Waals surface area contributed by atoms with Gasteiger partial charge in [0.15, 0.2) is 5.78 Å². The van der Waals surface area contributed by atoms with Crippen molar-refractivity contribution < 1.29 is 4.79 Å². The van der Waals surface area contributed by atoms with Gasteiger partial charge in [0, 0.05) is 15.9 Å². The molecule has 0 heterocycles. The molecular formula is C22H24BClO. The second kappa shape index (κ2) is 6.65. The molecule has 0 spiro atoms. The van der Waals surface area contributed by atoms with E-state index in [-0.39, 0.29) is 5.31 Å². The first kappa shape index (κ1) is 16.9. The van der Waals surface area contributed by atoms with Crippen LogP contribution < -0.4 is 0 Å². The molecule has 128 valence electrons. The van der Waals surface area contributed by atoms with Crippen molar-refractivity contribution >= 4 is 25.2 Å². The van der Waals surface area contributed by atoms with Gasteiger partial charge in [-0.3, -0.25) is 4.79 Å². The number of fused-ring (bicyclic) bond motifs is 1. The number of hydrogen-bond acceptors (Lipinski definition) is 1. The van der Waals surface area contributed by atoms with Crippen LogP contribution in [-0.2, 0) is 6.42 Å². The van der Waals surface area contributed by atoms with Gasteiger partial charge in [-0.1, -0.05) is 48.0 Å².